The zero-order valence-corrected chi connectivity index (χ0v) is 11.6. The first-order chi connectivity index (χ1) is 8.41. The molecule has 94 valence electrons. The van der Waals surface area contributed by atoms with Gasteiger partial charge in [0.2, 0.25) is 0 Å². The standard InChI is InChI=1S/C17H21N/c1-12-6-5-7-15(10-12)17(4,18)16-9-8-13(2)14(3)11-16/h5-11H,18H2,1-4H3. The summed E-state index contributed by atoms with van der Waals surface area (Å²) in [5.74, 6) is 0. The highest BCUT2D eigenvalue weighted by Crippen LogP contribution is 2.28. The molecule has 2 N–H and O–H groups in total. The van der Waals surface area contributed by atoms with Gasteiger partial charge in [0.05, 0.1) is 5.54 Å². The first-order valence-electron chi connectivity index (χ1n) is 6.35. The van der Waals surface area contributed by atoms with Crippen molar-refractivity contribution in [3.8, 4) is 0 Å². The minimum atomic E-state index is -0.440. The lowest BCUT2D eigenvalue weighted by atomic mass is 9.84. The molecule has 0 aromatic heterocycles. The van der Waals surface area contributed by atoms with E-state index >= 15 is 0 Å². The minimum absolute atomic E-state index is 0.440. The minimum Gasteiger partial charge on any atom is -0.318 e. The van der Waals surface area contributed by atoms with Crippen LogP contribution in [0.2, 0.25) is 0 Å². The second kappa shape index (κ2) is 4.58. The van der Waals surface area contributed by atoms with Crippen molar-refractivity contribution in [1.82, 2.24) is 0 Å². The van der Waals surface area contributed by atoms with Crippen molar-refractivity contribution < 1.29 is 0 Å². The van der Waals surface area contributed by atoms with E-state index in [1.807, 2.05) is 0 Å². The fourth-order valence-corrected chi connectivity index (χ4v) is 2.20. The van der Waals surface area contributed by atoms with E-state index in [1.165, 1.54) is 16.7 Å². The first kappa shape index (κ1) is 12.8. The Hall–Kier alpha value is -1.60. The van der Waals surface area contributed by atoms with Gasteiger partial charge in [0.1, 0.15) is 0 Å². The predicted octanol–water partition coefficient (Wildman–Crippen LogP) is 3.83. The molecule has 0 amide bonds. The van der Waals surface area contributed by atoms with Gasteiger partial charge in [-0.25, -0.2) is 0 Å². The first-order valence-corrected chi connectivity index (χ1v) is 6.35. The van der Waals surface area contributed by atoms with Crippen molar-refractivity contribution in [2.24, 2.45) is 5.73 Å². The fraction of sp³-hybridized carbons (Fsp3) is 0.294. The summed E-state index contributed by atoms with van der Waals surface area (Å²) >= 11 is 0. The van der Waals surface area contributed by atoms with Gasteiger partial charge in [-0.05, 0) is 49.9 Å². The van der Waals surface area contributed by atoms with Crippen LogP contribution in [-0.2, 0) is 5.54 Å². The maximum absolute atomic E-state index is 6.55. The summed E-state index contributed by atoms with van der Waals surface area (Å²) in [5.41, 5.74) is 12.3. The highest BCUT2D eigenvalue weighted by molar-refractivity contribution is 5.41. The van der Waals surface area contributed by atoms with Crippen molar-refractivity contribution >= 4 is 0 Å². The van der Waals surface area contributed by atoms with E-state index in [0.717, 1.165) is 11.1 Å². The highest BCUT2D eigenvalue weighted by Gasteiger charge is 2.23. The van der Waals surface area contributed by atoms with Gasteiger partial charge in [0.25, 0.3) is 0 Å². The van der Waals surface area contributed by atoms with Crippen LogP contribution >= 0.6 is 0 Å². The summed E-state index contributed by atoms with van der Waals surface area (Å²) < 4.78 is 0. The zero-order chi connectivity index (χ0) is 13.3. The Morgan fingerprint density at radius 2 is 1.50 bits per heavy atom. The van der Waals surface area contributed by atoms with E-state index in [2.05, 4.69) is 70.2 Å². The van der Waals surface area contributed by atoms with Crippen LogP contribution in [0.3, 0.4) is 0 Å². The smallest absolute Gasteiger partial charge is 0.0637 e. The Balaban J connectivity index is 2.50. The third kappa shape index (κ3) is 2.32. The molecule has 0 spiro atoms. The Kier molecular flexibility index (Phi) is 3.27. The lowest BCUT2D eigenvalue weighted by molar-refractivity contribution is 0.602. The average molecular weight is 239 g/mol. The monoisotopic (exact) mass is 239 g/mol. The second-order valence-corrected chi connectivity index (χ2v) is 5.37. The van der Waals surface area contributed by atoms with Gasteiger partial charge in [-0.15, -0.1) is 0 Å². The van der Waals surface area contributed by atoms with E-state index in [4.69, 9.17) is 5.73 Å². The summed E-state index contributed by atoms with van der Waals surface area (Å²) in [6.07, 6.45) is 0. The number of hydrogen-bond acceptors (Lipinski definition) is 1. The topological polar surface area (TPSA) is 26.0 Å². The van der Waals surface area contributed by atoms with E-state index in [1.54, 1.807) is 0 Å². The van der Waals surface area contributed by atoms with Crippen molar-refractivity contribution in [2.75, 3.05) is 0 Å². The molecule has 1 heteroatoms. The molecular formula is C17H21N. The van der Waals surface area contributed by atoms with E-state index in [9.17, 15) is 0 Å². The summed E-state index contributed by atoms with van der Waals surface area (Å²) in [4.78, 5) is 0. The van der Waals surface area contributed by atoms with E-state index in [0.29, 0.717) is 0 Å². The van der Waals surface area contributed by atoms with Crippen LogP contribution in [0.1, 0.15) is 34.7 Å². The van der Waals surface area contributed by atoms with Crippen LogP contribution in [0.15, 0.2) is 42.5 Å². The van der Waals surface area contributed by atoms with Gasteiger partial charge in [-0.3, -0.25) is 0 Å². The predicted molar refractivity (Wildman–Crippen MR) is 77.7 cm³/mol. The summed E-state index contributed by atoms with van der Waals surface area (Å²) in [6.45, 7) is 8.43. The Bertz CT molecular complexity index is 568. The molecule has 2 rings (SSSR count). The van der Waals surface area contributed by atoms with Crippen LogP contribution in [0.25, 0.3) is 0 Å². The molecule has 0 saturated heterocycles. The van der Waals surface area contributed by atoms with Crippen molar-refractivity contribution in [2.45, 2.75) is 33.2 Å². The molecule has 1 unspecified atom stereocenters. The van der Waals surface area contributed by atoms with Gasteiger partial charge in [-0.1, -0.05) is 48.0 Å². The number of rotatable bonds is 2. The van der Waals surface area contributed by atoms with Crippen molar-refractivity contribution in [3.63, 3.8) is 0 Å². The number of hydrogen-bond donors (Lipinski definition) is 1. The Morgan fingerprint density at radius 1 is 0.833 bits per heavy atom. The second-order valence-electron chi connectivity index (χ2n) is 5.37. The summed E-state index contributed by atoms with van der Waals surface area (Å²) in [7, 11) is 0. The zero-order valence-electron chi connectivity index (χ0n) is 11.6. The van der Waals surface area contributed by atoms with E-state index < -0.39 is 5.54 Å². The SMILES string of the molecule is Cc1cccc(C(C)(N)c2ccc(C)c(C)c2)c1. The lowest BCUT2D eigenvalue weighted by Crippen LogP contribution is -2.34. The van der Waals surface area contributed by atoms with Crippen LogP contribution in [-0.4, -0.2) is 0 Å². The molecule has 0 radical (unpaired) electrons. The Morgan fingerprint density at radius 3 is 2.11 bits per heavy atom. The molecule has 0 heterocycles. The molecule has 0 fully saturated rings. The summed E-state index contributed by atoms with van der Waals surface area (Å²) in [6, 6.07) is 14.9. The summed E-state index contributed by atoms with van der Waals surface area (Å²) in [5, 5.41) is 0. The van der Waals surface area contributed by atoms with Gasteiger partial charge in [0, 0.05) is 0 Å². The molecular weight excluding hydrogens is 218 g/mol. The van der Waals surface area contributed by atoms with Crippen LogP contribution < -0.4 is 5.73 Å². The van der Waals surface area contributed by atoms with Crippen LogP contribution in [0.4, 0.5) is 0 Å². The average Bonchev–Trinajstić information content (AvgIpc) is 2.32. The lowest BCUT2D eigenvalue weighted by Gasteiger charge is -2.27. The number of nitrogens with two attached hydrogens (primary N) is 1. The quantitative estimate of drug-likeness (QED) is 0.846. The fourth-order valence-electron chi connectivity index (χ4n) is 2.20. The molecule has 0 bridgehead atoms. The molecule has 1 nitrogen and oxygen atoms in total. The molecule has 0 aliphatic carbocycles. The van der Waals surface area contributed by atoms with Gasteiger partial charge in [0.15, 0.2) is 0 Å². The molecule has 0 saturated carbocycles. The van der Waals surface area contributed by atoms with Crippen molar-refractivity contribution in [3.05, 3.63) is 70.3 Å². The molecule has 1 atom stereocenters. The number of benzene rings is 2. The van der Waals surface area contributed by atoms with Crippen LogP contribution in [0.5, 0.6) is 0 Å². The van der Waals surface area contributed by atoms with E-state index in [-0.39, 0.29) is 0 Å². The number of aryl methyl sites for hydroxylation is 3. The maximum atomic E-state index is 6.55. The van der Waals surface area contributed by atoms with Gasteiger partial charge < -0.3 is 5.73 Å². The third-order valence-corrected chi connectivity index (χ3v) is 3.72. The van der Waals surface area contributed by atoms with Gasteiger partial charge >= 0.3 is 0 Å². The normalized spacial score (nSPS) is 14.3. The molecule has 0 aliphatic heterocycles. The van der Waals surface area contributed by atoms with Gasteiger partial charge in [-0.2, -0.15) is 0 Å². The maximum Gasteiger partial charge on any atom is 0.0637 e. The van der Waals surface area contributed by atoms with Crippen molar-refractivity contribution in [1.29, 1.82) is 0 Å². The van der Waals surface area contributed by atoms with Crippen LogP contribution in [0, 0.1) is 20.8 Å². The third-order valence-electron chi connectivity index (χ3n) is 3.72. The Labute approximate surface area is 110 Å². The largest absolute Gasteiger partial charge is 0.318 e. The molecule has 2 aromatic rings. The highest BCUT2D eigenvalue weighted by atomic mass is 14.7. The molecule has 0 aliphatic rings. The molecule has 2 aromatic carbocycles. The molecule has 18 heavy (non-hydrogen) atoms.